The highest BCUT2D eigenvalue weighted by molar-refractivity contribution is 14.1. The number of rotatable bonds is 0. The SMILES string of the molecule is Fc1cnc2[nH]c(I)nc2c1. The monoisotopic (exact) mass is 263 g/mol. The van der Waals surface area contributed by atoms with Crippen molar-refractivity contribution < 1.29 is 4.39 Å². The molecule has 2 heterocycles. The molecule has 0 aliphatic carbocycles. The van der Waals surface area contributed by atoms with Crippen molar-refractivity contribution >= 4 is 33.8 Å². The van der Waals surface area contributed by atoms with Gasteiger partial charge in [0.05, 0.1) is 6.20 Å². The summed E-state index contributed by atoms with van der Waals surface area (Å²) in [7, 11) is 0. The smallest absolute Gasteiger partial charge is 0.170 e. The Hall–Kier alpha value is -0.720. The summed E-state index contributed by atoms with van der Waals surface area (Å²) in [6.45, 7) is 0. The van der Waals surface area contributed by atoms with Gasteiger partial charge in [0.2, 0.25) is 0 Å². The Balaban J connectivity index is 2.82. The van der Waals surface area contributed by atoms with Gasteiger partial charge in [-0.3, -0.25) is 0 Å². The topological polar surface area (TPSA) is 41.6 Å². The Morgan fingerprint density at radius 2 is 2.36 bits per heavy atom. The Bertz CT molecular complexity index is 398. The van der Waals surface area contributed by atoms with E-state index in [0.29, 0.717) is 11.2 Å². The third-order valence-corrected chi connectivity index (χ3v) is 1.79. The fraction of sp³-hybridized carbons (Fsp3) is 0. The van der Waals surface area contributed by atoms with Crippen molar-refractivity contribution in [3.8, 4) is 0 Å². The number of nitrogens with zero attached hydrogens (tertiary/aromatic N) is 2. The van der Waals surface area contributed by atoms with E-state index in [4.69, 9.17) is 0 Å². The first kappa shape index (κ1) is 6.96. The zero-order valence-corrected chi connectivity index (χ0v) is 7.46. The van der Waals surface area contributed by atoms with Gasteiger partial charge in [0, 0.05) is 6.07 Å². The molecule has 0 aromatic carbocycles. The maximum absolute atomic E-state index is 12.5. The Morgan fingerprint density at radius 3 is 3.18 bits per heavy atom. The molecule has 2 rings (SSSR count). The summed E-state index contributed by atoms with van der Waals surface area (Å²) in [5.41, 5.74) is 1.19. The molecule has 0 saturated heterocycles. The van der Waals surface area contributed by atoms with E-state index >= 15 is 0 Å². The van der Waals surface area contributed by atoms with Crippen molar-refractivity contribution in [1.82, 2.24) is 15.0 Å². The molecular weight excluding hydrogens is 260 g/mol. The predicted molar refractivity (Wildman–Crippen MR) is 46.6 cm³/mol. The molecule has 0 spiro atoms. The van der Waals surface area contributed by atoms with E-state index in [0.717, 1.165) is 10.0 Å². The first-order chi connectivity index (χ1) is 5.25. The molecule has 5 heteroatoms. The second-order valence-corrected chi connectivity index (χ2v) is 3.07. The fourth-order valence-corrected chi connectivity index (χ4v) is 1.36. The zero-order chi connectivity index (χ0) is 7.84. The molecule has 0 radical (unpaired) electrons. The molecule has 0 unspecified atom stereocenters. The van der Waals surface area contributed by atoms with Crippen LogP contribution < -0.4 is 0 Å². The van der Waals surface area contributed by atoms with Crippen LogP contribution in [0.15, 0.2) is 12.3 Å². The maximum Gasteiger partial charge on any atom is 0.170 e. The highest BCUT2D eigenvalue weighted by Gasteiger charge is 2.01. The number of hydrogen-bond acceptors (Lipinski definition) is 2. The number of nitrogens with one attached hydrogen (secondary N) is 1. The number of fused-ring (bicyclic) bond motifs is 1. The average molecular weight is 263 g/mol. The molecule has 11 heavy (non-hydrogen) atoms. The number of aromatic nitrogens is 3. The van der Waals surface area contributed by atoms with Crippen molar-refractivity contribution in [2.24, 2.45) is 0 Å². The van der Waals surface area contributed by atoms with Crippen molar-refractivity contribution in [3.05, 3.63) is 21.9 Å². The van der Waals surface area contributed by atoms with Crippen molar-refractivity contribution in [2.45, 2.75) is 0 Å². The highest BCUT2D eigenvalue weighted by Crippen LogP contribution is 2.10. The zero-order valence-electron chi connectivity index (χ0n) is 5.31. The van der Waals surface area contributed by atoms with Gasteiger partial charge in [-0.25, -0.2) is 14.4 Å². The van der Waals surface area contributed by atoms with Gasteiger partial charge in [-0.2, -0.15) is 0 Å². The van der Waals surface area contributed by atoms with E-state index in [1.54, 1.807) is 0 Å². The van der Waals surface area contributed by atoms with Gasteiger partial charge < -0.3 is 4.98 Å². The molecule has 0 atom stereocenters. The first-order valence-electron chi connectivity index (χ1n) is 2.92. The molecule has 56 valence electrons. The van der Waals surface area contributed by atoms with E-state index in [-0.39, 0.29) is 5.82 Å². The van der Waals surface area contributed by atoms with E-state index in [1.807, 2.05) is 22.6 Å². The van der Waals surface area contributed by atoms with Crippen LogP contribution >= 0.6 is 22.6 Å². The van der Waals surface area contributed by atoms with Gasteiger partial charge in [-0.1, -0.05) is 0 Å². The van der Waals surface area contributed by atoms with Crippen LogP contribution in [0.4, 0.5) is 4.39 Å². The van der Waals surface area contributed by atoms with Crippen LogP contribution in [0.3, 0.4) is 0 Å². The molecule has 2 aromatic rings. The van der Waals surface area contributed by atoms with Crippen molar-refractivity contribution in [3.63, 3.8) is 0 Å². The van der Waals surface area contributed by atoms with Crippen molar-refractivity contribution in [2.75, 3.05) is 0 Å². The fourth-order valence-electron chi connectivity index (χ4n) is 0.842. The third kappa shape index (κ3) is 1.20. The number of aromatic amines is 1. The molecule has 2 aromatic heterocycles. The summed E-state index contributed by atoms with van der Waals surface area (Å²) in [5, 5.41) is 0. The molecule has 1 N–H and O–H groups in total. The molecule has 0 aliphatic rings. The predicted octanol–water partition coefficient (Wildman–Crippen LogP) is 1.70. The number of halogens is 2. The third-order valence-electron chi connectivity index (χ3n) is 1.27. The van der Waals surface area contributed by atoms with E-state index in [9.17, 15) is 4.39 Å². The summed E-state index contributed by atoms with van der Waals surface area (Å²) in [5.74, 6) is -0.361. The lowest BCUT2D eigenvalue weighted by atomic mass is 10.4. The second-order valence-electron chi connectivity index (χ2n) is 2.05. The van der Waals surface area contributed by atoms with Crippen LogP contribution in [0.2, 0.25) is 0 Å². The minimum Gasteiger partial charge on any atom is -0.318 e. The molecule has 0 aliphatic heterocycles. The molecular formula is C6H3FIN3. The Morgan fingerprint density at radius 1 is 1.55 bits per heavy atom. The molecule has 3 nitrogen and oxygen atoms in total. The van der Waals surface area contributed by atoms with Gasteiger partial charge in [0.15, 0.2) is 9.48 Å². The Kier molecular flexibility index (Phi) is 1.52. The van der Waals surface area contributed by atoms with Crippen LogP contribution in [0.5, 0.6) is 0 Å². The lowest BCUT2D eigenvalue weighted by Gasteiger charge is -1.85. The van der Waals surface area contributed by atoms with E-state index in [1.165, 1.54) is 6.07 Å². The van der Waals surface area contributed by atoms with Gasteiger partial charge in [-0.15, -0.1) is 0 Å². The largest absolute Gasteiger partial charge is 0.318 e. The van der Waals surface area contributed by atoms with Crippen LogP contribution in [0, 0.1) is 9.65 Å². The van der Waals surface area contributed by atoms with E-state index < -0.39 is 0 Å². The normalized spacial score (nSPS) is 10.7. The maximum atomic E-state index is 12.5. The van der Waals surface area contributed by atoms with Crippen LogP contribution in [0.1, 0.15) is 0 Å². The van der Waals surface area contributed by atoms with Gasteiger partial charge in [-0.05, 0) is 22.6 Å². The van der Waals surface area contributed by atoms with Crippen LogP contribution in [0.25, 0.3) is 11.2 Å². The highest BCUT2D eigenvalue weighted by atomic mass is 127. The van der Waals surface area contributed by atoms with Crippen LogP contribution in [-0.4, -0.2) is 15.0 Å². The molecule has 0 saturated carbocycles. The molecule has 0 fully saturated rings. The van der Waals surface area contributed by atoms with E-state index in [2.05, 4.69) is 15.0 Å². The number of hydrogen-bond donors (Lipinski definition) is 1. The van der Waals surface area contributed by atoms with Gasteiger partial charge >= 0.3 is 0 Å². The summed E-state index contributed by atoms with van der Waals surface area (Å²) in [6, 6.07) is 1.35. The summed E-state index contributed by atoms with van der Waals surface area (Å²) < 4.78 is 13.2. The quantitative estimate of drug-likeness (QED) is 0.735. The lowest BCUT2D eigenvalue weighted by Crippen LogP contribution is -1.78. The first-order valence-corrected chi connectivity index (χ1v) is 4.00. The summed E-state index contributed by atoms with van der Waals surface area (Å²) in [6.07, 6.45) is 1.16. The summed E-state index contributed by atoms with van der Waals surface area (Å²) in [4.78, 5) is 10.7. The minimum atomic E-state index is -0.361. The summed E-state index contributed by atoms with van der Waals surface area (Å²) >= 11 is 2.02. The molecule has 0 amide bonds. The lowest BCUT2D eigenvalue weighted by molar-refractivity contribution is 0.624. The average Bonchev–Trinajstić information content (AvgIpc) is 2.27. The standard InChI is InChI=1S/C6H3FIN3/c7-3-1-4-5(9-2-3)11-6(8)10-4/h1-2H,(H,9,10,11). The number of H-pyrrole nitrogens is 1. The number of imidazole rings is 1. The Labute approximate surface area is 75.2 Å². The van der Waals surface area contributed by atoms with Gasteiger partial charge in [0.1, 0.15) is 11.3 Å². The van der Waals surface area contributed by atoms with Crippen LogP contribution in [-0.2, 0) is 0 Å². The second kappa shape index (κ2) is 2.40. The minimum absolute atomic E-state index is 0.361. The van der Waals surface area contributed by atoms with Gasteiger partial charge in [0.25, 0.3) is 0 Å². The number of pyridine rings is 1. The molecule has 0 bridgehead atoms. The van der Waals surface area contributed by atoms with Crippen molar-refractivity contribution in [1.29, 1.82) is 0 Å².